The first-order valence-corrected chi connectivity index (χ1v) is 7.51. The molecule has 1 aromatic heterocycles. The van der Waals surface area contributed by atoms with E-state index in [4.69, 9.17) is 4.74 Å². The number of pyridine rings is 1. The van der Waals surface area contributed by atoms with Gasteiger partial charge < -0.3 is 10.1 Å². The van der Waals surface area contributed by atoms with Gasteiger partial charge in [-0.3, -0.25) is 0 Å². The maximum absolute atomic E-state index is 5.74. The zero-order valence-corrected chi connectivity index (χ0v) is 12.8. The smallest absolute Gasteiger partial charge is 0.213 e. The van der Waals surface area contributed by atoms with E-state index < -0.39 is 0 Å². The second kappa shape index (κ2) is 8.92. The Morgan fingerprint density at radius 1 is 1.21 bits per heavy atom. The fourth-order valence-electron chi connectivity index (χ4n) is 1.82. The van der Waals surface area contributed by atoms with Gasteiger partial charge in [-0.15, -0.1) is 0 Å². The Hall–Kier alpha value is -1.09. The van der Waals surface area contributed by atoms with Crippen LogP contribution in [0.1, 0.15) is 58.2 Å². The van der Waals surface area contributed by atoms with Crippen LogP contribution in [0.25, 0.3) is 0 Å². The first-order valence-electron chi connectivity index (χ1n) is 7.51. The van der Waals surface area contributed by atoms with E-state index >= 15 is 0 Å². The number of aromatic nitrogens is 1. The second-order valence-corrected chi connectivity index (χ2v) is 5.29. The van der Waals surface area contributed by atoms with Crippen molar-refractivity contribution in [2.45, 2.75) is 66.0 Å². The monoisotopic (exact) mass is 264 g/mol. The molecule has 0 atom stereocenters. The lowest BCUT2D eigenvalue weighted by atomic mass is 10.1. The normalized spacial score (nSPS) is 11.0. The van der Waals surface area contributed by atoms with Gasteiger partial charge in [-0.05, 0) is 24.5 Å². The number of hydrogen-bond acceptors (Lipinski definition) is 3. The van der Waals surface area contributed by atoms with Crippen molar-refractivity contribution >= 4 is 0 Å². The molecule has 0 saturated carbocycles. The predicted octanol–water partition coefficient (Wildman–Crippen LogP) is 3.71. The van der Waals surface area contributed by atoms with E-state index in [0.29, 0.717) is 6.04 Å². The van der Waals surface area contributed by atoms with E-state index in [1.807, 2.05) is 0 Å². The summed E-state index contributed by atoms with van der Waals surface area (Å²) in [7, 11) is 0. The van der Waals surface area contributed by atoms with E-state index in [2.05, 4.69) is 50.1 Å². The zero-order valence-electron chi connectivity index (χ0n) is 12.8. The van der Waals surface area contributed by atoms with Crippen molar-refractivity contribution in [1.29, 1.82) is 0 Å². The average Bonchev–Trinajstić information content (AvgIpc) is 2.37. The van der Waals surface area contributed by atoms with Crippen LogP contribution in [0.5, 0.6) is 5.88 Å². The van der Waals surface area contributed by atoms with Crippen LogP contribution in [0.3, 0.4) is 0 Å². The standard InChI is InChI=1S/C16H28N2O/c1-5-7-9-19-16-11-14(12-17-13(3)4)10-15(18-16)8-6-2/h10-11,13,17H,5-9,12H2,1-4H3. The molecule has 0 saturated heterocycles. The summed E-state index contributed by atoms with van der Waals surface area (Å²) < 4.78 is 5.74. The van der Waals surface area contributed by atoms with Crippen molar-refractivity contribution in [3.05, 3.63) is 23.4 Å². The van der Waals surface area contributed by atoms with Gasteiger partial charge >= 0.3 is 0 Å². The SMILES string of the molecule is CCCCOc1cc(CNC(C)C)cc(CCC)n1. The largest absolute Gasteiger partial charge is 0.478 e. The van der Waals surface area contributed by atoms with Crippen LogP contribution in [0, 0.1) is 0 Å². The topological polar surface area (TPSA) is 34.1 Å². The molecule has 0 radical (unpaired) electrons. The first-order chi connectivity index (χ1) is 9.15. The summed E-state index contributed by atoms with van der Waals surface area (Å²) >= 11 is 0. The highest BCUT2D eigenvalue weighted by Crippen LogP contribution is 2.15. The van der Waals surface area contributed by atoms with Crippen LogP contribution < -0.4 is 10.1 Å². The highest BCUT2D eigenvalue weighted by Gasteiger charge is 2.04. The maximum Gasteiger partial charge on any atom is 0.213 e. The third-order valence-corrected chi connectivity index (χ3v) is 2.88. The van der Waals surface area contributed by atoms with Gasteiger partial charge in [0.2, 0.25) is 5.88 Å². The lowest BCUT2D eigenvalue weighted by Crippen LogP contribution is -2.22. The molecule has 0 aliphatic carbocycles. The van der Waals surface area contributed by atoms with Crippen molar-refractivity contribution in [2.75, 3.05) is 6.61 Å². The van der Waals surface area contributed by atoms with E-state index in [-0.39, 0.29) is 0 Å². The number of ether oxygens (including phenoxy) is 1. The summed E-state index contributed by atoms with van der Waals surface area (Å²) in [6.45, 7) is 10.3. The van der Waals surface area contributed by atoms with Crippen molar-refractivity contribution in [2.24, 2.45) is 0 Å². The van der Waals surface area contributed by atoms with Crippen LogP contribution in [0.15, 0.2) is 12.1 Å². The van der Waals surface area contributed by atoms with Crippen LogP contribution in [0.2, 0.25) is 0 Å². The molecule has 19 heavy (non-hydrogen) atoms. The molecule has 1 N–H and O–H groups in total. The minimum absolute atomic E-state index is 0.493. The lowest BCUT2D eigenvalue weighted by molar-refractivity contribution is 0.296. The minimum Gasteiger partial charge on any atom is -0.478 e. The van der Waals surface area contributed by atoms with Gasteiger partial charge in [-0.1, -0.05) is 40.5 Å². The number of unbranched alkanes of at least 4 members (excludes halogenated alkanes) is 1. The molecule has 3 nitrogen and oxygen atoms in total. The quantitative estimate of drug-likeness (QED) is 0.690. The predicted molar refractivity (Wildman–Crippen MR) is 80.6 cm³/mol. The fourth-order valence-corrected chi connectivity index (χ4v) is 1.82. The molecule has 0 unspecified atom stereocenters. The molecule has 1 aromatic rings. The van der Waals surface area contributed by atoms with E-state index in [9.17, 15) is 0 Å². The number of aryl methyl sites for hydroxylation is 1. The minimum atomic E-state index is 0.493. The molecule has 0 aliphatic rings. The maximum atomic E-state index is 5.74. The molecule has 0 fully saturated rings. The number of nitrogens with one attached hydrogen (secondary N) is 1. The van der Waals surface area contributed by atoms with E-state index in [0.717, 1.165) is 50.4 Å². The van der Waals surface area contributed by atoms with E-state index in [1.165, 1.54) is 5.56 Å². The van der Waals surface area contributed by atoms with Crippen molar-refractivity contribution in [1.82, 2.24) is 10.3 Å². The average molecular weight is 264 g/mol. The Bertz CT molecular complexity index is 364. The summed E-state index contributed by atoms with van der Waals surface area (Å²) in [5.41, 5.74) is 2.40. The molecule has 0 aliphatic heterocycles. The van der Waals surface area contributed by atoms with E-state index in [1.54, 1.807) is 0 Å². The van der Waals surface area contributed by atoms with Gasteiger partial charge in [0.15, 0.2) is 0 Å². The first kappa shape index (κ1) is 16.0. The summed E-state index contributed by atoms with van der Waals surface area (Å²) in [5, 5.41) is 3.44. The van der Waals surface area contributed by atoms with Crippen LogP contribution >= 0.6 is 0 Å². The van der Waals surface area contributed by atoms with Gasteiger partial charge in [0.25, 0.3) is 0 Å². The van der Waals surface area contributed by atoms with Gasteiger partial charge in [0, 0.05) is 24.3 Å². The summed E-state index contributed by atoms with van der Waals surface area (Å²) in [6, 6.07) is 4.74. The summed E-state index contributed by atoms with van der Waals surface area (Å²) in [5.74, 6) is 0.778. The zero-order chi connectivity index (χ0) is 14.1. The molecule has 3 heteroatoms. The molecular weight excluding hydrogens is 236 g/mol. The molecule has 1 rings (SSSR count). The van der Waals surface area contributed by atoms with Gasteiger partial charge in [-0.25, -0.2) is 4.98 Å². The Morgan fingerprint density at radius 3 is 2.63 bits per heavy atom. The molecular formula is C16H28N2O. The van der Waals surface area contributed by atoms with Gasteiger partial charge in [0.05, 0.1) is 6.61 Å². The van der Waals surface area contributed by atoms with Gasteiger partial charge in [0.1, 0.15) is 0 Å². The van der Waals surface area contributed by atoms with Crippen LogP contribution in [-0.2, 0) is 13.0 Å². The molecule has 0 bridgehead atoms. The molecule has 0 aromatic carbocycles. The third kappa shape index (κ3) is 6.58. The third-order valence-electron chi connectivity index (χ3n) is 2.88. The fraction of sp³-hybridized carbons (Fsp3) is 0.688. The summed E-state index contributed by atoms with van der Waals surface area (Å²) in [6.07, 6.45) is 4.36. The van der Waals surface area contributed by atoms with Crippen molar-refractivity contribution in [3.63, 3.8) is 0 Å². The Balaban J connectivity index is 2.71. The van der Waals surface area contributed by atoms with Crippen LogP contribution in [-0.4, -0.2) is 17.6 Å². The number of hydrogen-bond donors (Lipinski definition) is 1. The summed E-state index contributed by atoms with van der Waals surface area (Å²) in [4.78, 5) is 4.57. The number of nitrogens with zero attached hydrogens (tertiary/aromatic N) is 1. The highest BCUT2D eigenvalue weighted by molar-refractivity contribution is 5.25. The second-order valence-electron chi connectivity index (χ2n) is 5.29. The Kier molecular flexibility index (Phi) is 7.49. The molecule has 1 heterocycles. The van der Waals surface area contributed by atoms with Crippen molar-refractivity contribution < 1.29 is 4.74 Å². The Morgan fingerprint density at radius 2 is 2.00 bits per heavy atom. The lowest BCUT2D eigenvalue weighted by Gasteiger charge is -2.12. The Labute approximate surface area is 117 Å². The van der Waals surface area contributed by atoms with Gasteiger partial charge in [-0.2, -0.15) is 0 Å². The molecule has 0 amide bonds. The molecule has 108 valence electrons. The highest BCUT2D eigenvalue weighted by atomic mass is 16.5. The molecule has 0 spiro atoms. The number of rotatable bonds is 9. The van der Waals surface area contributed by atoms with Crippen molar-refractivity contribution in [3.8, 4) is 5.88 Å². The van der Waals surface area contributed by atoms with Crippen LogP contribution in [0.4, 0.5) is 0 Å².